The Morgan fingerprint density at radius 3 is 2.62 bits per heavy atom. The van der Waals surface area contributed by atoms with Crippen molar-refractivity contribution in [2.24, 2.45) is 0 Å². The highest BCUT2D eigenvalue weighted by Gasteiger charge is 2.28. The maximum atomic E-state index is 13.8. The summed E-state index contributed by atoms with van der Waals surface area (Å²) in [6.45, 7) is 6.63. The van der Waals surface area contributed by atoms with Crippen molar-refractivity contribution < 1.29 is 13.9 Å². The molecule has 0 aromatic carbocycles. The van der Waals surface area contributed by atoms with Gasteiger partial charge in [0.05, 0.1) is 6.20 Å². The molecule has 1 aliphatic rings. The van der Waals surface area contributed by atoms with Crippen LogP contribution in [0.5, 0.6) is 0 Å². The van der Waals surface area contributed by atoms with Crippen LogP contribution in [0.3, 0.4) is 0 Å². The number of rotatable bonds is 1. The van der Waals surface area contributed by atoms with Crippen LogP contribution in [0.25, 0.3) is 0 Å². The van der Waals surface area contributed by atoms with Crippen LogP contribution in [0.15, 0.2) is 12.3 Å². The predicted molar refractivity (Wildman–Crippen MR) is 78.4 cm³/mol. The van der Waals surface area contributed by atoms with Crippen molar-refractivity contribution in [1.82, 2.24) is 9.88 Å². The molecular weight excluding hydrogens is 273 g/mol. The number of hydrogen-bond donors (Lipinski definition) is 1. The Hall–Kier alpha value is -1.85. The van der Waals surface area contributed by atoms with E-state index in [0.717, 1.165) is 6.20 Å². The molecule has 5 nitrogen and oxygen atoms in total. The Morgan fingerprint density at radius 1 is 1.43 bits per heavy atom. The summed E-state index contributed by atoms with van der Waals surface area (Å²) in [5.41, 5.74) is 5.71. The first-order valence-corrected chi connectivity index (χ1v) is 7.15. The standard InChI is InChI=1S/C15H22FN3O2/c1-15(2,3)21-14(20)19-6-4-10(5-7-19)11-8-13(17)18-9-12(11)16/h8-10H,4-7H2,1-3H3,(H2,17,18). The summed E-state index contributed by atoms with van der Waals surface area (Å²) in [4.78, 5) is 17.4. The maximum Gasteiger partial charge on any atom is 0.410 e. The average molecular weight is 295 g/mol. The zero-order valence-electron chi connectivity index (χ0n) is 12.7. The van der Waals surface area contributed by atoms with Crippen LogP contribution in [0.2, 0.25) is 0 Å². The maximum absolute atomic E-state index is 13.8. The van der Waals surface area contributed by atoms with Gasteiger partial charge >= 0.3 is 6.09 Å². The number of carbonyl (C=O) groups excluding carboxylic acids is 1. The smallest absolute Gasteiger partial charge is 0.410 e. The van der Waals surface area contributed by atoms with Crippen molar-refractivity contribution in [3.63, 3.8) is 0 Å². The van der Waals surface area contributed by atoms with Crippen molar-refractivity contribution in [1.29, 1.82) is 0 Å². The number of piperidine rings is 1. The van der Waals surface area contributed by atoms with Crippen LogP contribution >= 0.6 is 0 Å². The third-order valence-electron chi connectivity index (χ3n) is 3.49. The quantitative estimate of drug-likeness (QED) is 0.865. The van der Waals surface area contributed by atoms with Crippen LogP contribution in [0.1, 0.15) is 45.1 Å². The van der Waals surface area contributed by atoms with Gasteiger partial charge in [-0.2, -0.15) is 0 Å². The lowest BCUT2D eigenvalue weighted by Gasteiger charge is -2.33. The second-order valence-electron chi connectivity index (χ2n) is 6.37. The fourth-order valence-electron chi connectivity index (χ4n) is 2.48. The summed E-state index contributed by atoms with van der Waals surface area (Å²) in [6, 6.07) is 1.59. The largest absolute Gasteiger partial charge is 0.444 e. The summed E-state index contributed by atoms with van der Waals surface area (Å²) in [5, 5.41) is 0. The van der Waals surface area contributed by atoms with E-state index in [2.05, 4.69) is 4.98 Å². The van der Waals surface area contributed by atoms with E-state index in [-0.39, 0.29) is 17.8 Å². The molecule has 0 aliphatic carbocycles. The highest BCUT2D eigenvalue weighted by atomic mass is 19.1. The van der Waals surface area contributed by atoms with E-state index in [9.17, 15) is 9.18 Å². The Balaban J connectivity index is 1.97. The highest BCUT2D eigenvalue weighted by molar-refractivity contribution is 5.68. The number of nitrogens with two attached hydrogens (primary N) is 1. The van der Waals surface area contributed by atoms with Gasteiger partial charge in [0, 0.05) is 13.1 Å². The normalized spacial score (nSPS) is 16.9. The molecule has 0 radical (unpaired) electrons. The molecule has 0 bridgehead atoms. The average Bonchev–Trinajstić information content (AvgIpc) is 2.40. The molecule has 0 unspecified atom stereocenters. The van der Waals surface area contributed by atoms with Crippen molar-refractivity contribution in [3.05, 3.63) is 23.6 Å². The van der Waals surface area contributed by atoms with Crippen LogP contribution in [-0.4, -0.2) is 34.7 Å². The molecule has 0 saturated carbocycles. The number of anilines is 1. The molecule has 1 aliphatic heterocycles. The molecule has 0 spiro atoms. The van der Waals surface area contributed by atoms with Gasteiger partial charge in [0.25, 0.3) is 0 Å². The predicted octanol–water partition coefficient (Wildman–Crippen LogP) is 2.92. The fraction of sp³-hybridized carbons (Fsp3) is 0.600. The topological polar surface area (TPSA) is 68.5 Å². The van der Waals surface area contributed by atoms with E-state index >= 15 is 0 Å². The lowest BCUT2D eigenvalue weighted by atomic mass is 9.90. The third-order valence-corrected chi connectivity index (χ3v) is 3.49. The molecule has 1 fully saturated rings. The zero-order chi connectivity index (χ0) is 15.6. The van der Waals surface area contributed by atoms with E-state index in [1.165, 1.54) is 0 Å². The molecule has 116 valence electrons. The molecule has 1 amide bonds. The third kappa shape index (κ3) is 4.06. The van der Waals surface area contributed by atoms with Crippen LogP contribution in [-0.2, 0) is 4.74 Å². The van der Waals surface area contributed by atoms with Gasteiger partial charge < -0.3 is 15.4 Å². The summed E-state index contributed by atoms with van der Waals surface area (Å²) < 4.78 is 19.2. The first-order valence-electron chi connectivity index (χ1n) is 7.15. The Morgan fingerprint density at radius 2 is 2.05 bits per heavy atom. The summed E-state index contributed by atoms with van der Waals surface area (Å²) in [5.74, 6) is 0.0508. The molecule has 1 aromatic rings. The number of likely N-dealkylation sites (tertiary alicyclic amines) is 1. The molecule has 2 rings (SSSR count). The van der Waals surface area contributed by atoms with Gasteiger partial charge in [0.2, 0.25) is 0 Å². The van der Waals surface area contributed by atoms with Gasteiger partial charge in [-0.3, -0.25) is 0 Å². The van der Waals surface area contributed by atoms with Crippen LogP contribution < -0.4 is 5.73 Å². The van der Waals surface area contributed by atoms with Gasteiger partial charge in [-0.05, 0) is 51.2 Å². The van der Waals surface area contributed by atoms with Crippen LogP contribution in [0, 0.1) is 5.82 Å². The first-order chi connectivity index (χ1) is 9.76. The first kappa shape index (κ1) is 15.5. The number of aromatic nitrogens is 1. The summed E-state index contributed by atoms with van der Waals surface area (Å²) in [6.07, 6.45) is 2.24. The Kier molecular flexibility index (Phi) is 4.34. The summed E-state index contributed by atoms with van der Waals surface area (Å²) >= 11 is 0. The van der Waals surface area contributed by atoms with Gasteiger partial charge in [-0.15, -0.1) is 0 Å². The van der Waals surface area contributed by atoms with E-state index < -0.39 is 5.60 Å². The zero-order valence-corrected chi connectivity index (χ0v) is 12.7. The number of nitrogens with zero attached hydrogens (tertiary/aromatic N) is 2. The fourth-order valence-corrected chi connectivity index (χ4v) is 2.48. The van der Waals surface area contributed by atoms with Crippen molar-refractivity contribution in [3.8, 4) is 0 Å². The van der Waals surface area contributed by atoms with Gasteiger partial charge in [0.1, 0.15) is 17.2 Å². The van der Waals surface area contributed by atoms with Crippen LogP contribution in [0.4, 0.5) is 15.0 Å². The summed E-state index contributed by atoms with van der Waals surface area (Å²) in [7, 11) is 0. The van der Waals surface area contributed by atoms with Gasteiger partial charge in [-0.1, -0.05) is 0 Å². The van der Waals surface area contributed by atoms with Crippen molar-refractivity contribution in [2.45, 2.75) is 45.1 Å². The van der Waals surface area contributed by atoms with E-state index in [4.69, 9.17) is 10.5 Å². The molecular formula is C15H22FN3O2. The Labute approximate surface area is 124 Å². The molecule has 2 heterocycles. The second-order valence-corrected chi connectivity index (χ2v) is 6.37. The molecule has 6 heteroatoms. The van der Waals surface area contributed by atoms with Gasteiger partial charge in [-0.25, -0.2) is 14.2 Å². The van der Waals surface area contributed by atoms with E-state index in [0.29, 0.717) is 37.3 Å². The number of halogens is 1. The minimum atomic E-state index is -0.500. The van der Waals surface area contributed by atoms with Crippen molar-refractivity contribution in [2.75, 3.05) is 18.8 Å². The van der Waals surface area contributed by atoms with Gasteiger partial charge in [0.15, 0.2) is 0 Å². The number of pyridine rings is 1. The molecule has 0 atom stereocenters. The van der Waals surface area contributed by atoms with E-state index in [1.54, 1.807) is 11.0 Å². The number of carbonyl (C=O) groups is 1. The number of hydrogen-bond acceptors (Lipinski definition) is 4. The minimum absolute atomic E-state index is 0.0639. The molecule has 21 heavy (non-hydrogen) atoms. The lowest BCUT2D eigenvalue weighted by molar-refractivity contribution is 0.0204. The number of ether oxygens (including phenoxy) is 1. The lowest BCUT2D eigenvalue weighted by Crippen LogP contribution is -2.41. The monoisotopic (exact) mass is 295 g/mol. The molecule has 1 saturated heterocycles. The number of amides is 1. The number of nitrogen functional groups attached to an aromatic ring is 1. The Bertz CT molecular complexity index is 520. The SMILES string of the molecule is CC(C)(C)OC(=O)N1CCC(c2cc(N)ncc2F)CC1. The van der Waals surface area contributed by atoms with E-state index in [1.807, 2.05) is 20.8 Å². The second kappa shape index (κ2) is 5.87. The molecule has 2 N–H and O–H groups in total. The molecule has 1 aromatic heterocycles. The highest BCUT2D eigenvalue weighted by Crippen LogP contribution is 2.30. The van der Waals surface area contributed by atoms with Crippen molar-refractivity contribution >= 4 is 11.9 Å². The minimum Gasteiger partial charge on any atom is -0.444 e.